The number of carbonyl (C=O) groups excluding carboxylic acids is 1. The van der Waals surface area contributed by atoms with Gasteiger partial charge in [-0.05, 0) is 27.7 Å². The molecule has 0 radical (unpaired) electrons. The van der Waals surface area contributed by atoms with Gasteiger partial charge in [0.25, 0.3) is 0 Å². The van der Waals surface area contributed by atoms with Gasteiger partial charge in [-0.3, -0.25) is 4.90 Å². The SMILES string of the molecule is C[C@H]1CS(=O)(=O)C(F)(C(=O)O)CN1C(=O)OC(C)(C)C. The van der Waals surface area contributed by atoms with Crippen LogP contribution in [0.3, 0.4) is 0 Å². The molecule has 1 fully saturated rings. The molecule has 2 atom stereocenters. The highest BCUT2D eigenvalue weighted by Gasteiger charge is 2.58. The van der Waals surface area contributed by atoms with E-state index in [1.807, 2.05) is 0 Å². The molecule has 1 aliphatic heterocycles. The van der Waals surface area contributed by atoms with Gasteiger partial charge in [0.2, 0.25) is 0 Å². The van der Waals surface area contributed by atoms with E-state index in [0.29, 0.717) is 0 Å². The van der Waals surface area contributed by atoms with Crippen LogP contribution in [0.1, 0.15) is 27.7 Å². The number of rotatable bonds is 1. The minimum atomic E-state index is -4.50. The summed E-state index contributed by atoms with van der Waals surface area (Å²) in [4.78, 5) is 23.6. The Labute approximate surface area is 116 Å². The molecule has 1 aliphatic rings. The molecule has 1 rings (SSSR count). The van der Waals surface area contributed by atoms with Crippen LogP contribution in [0.25, 0.3) is 0 Å². The Hall–Kier alpha value is -1.38. The quantitative estimate of drug-likeness (QED) is 0.768. The predicted molar refractivity (Wildman–Crippen MR) is 67.7 cm³/mol. The lowest BCUT2D eigenvalue weighted by Gasteiger charge is -2.39. The molecule has 0 aromatic rings. The molecule has 0 aromatic carbocycles. The number of carboxylic acid groups (broad SMARTS) is 1. The van der Waals surface area contributed by atoms with Gasteiger partial charge in [0.05, 0.1) is 12.3 Å². The van der Waals surface area contributed by atoms with E-state index in [2.05, 4.69) is 0 Å². The van der Waals surface area contributed by atoms with Gasteiger partial charge >= 0.3 is 17.1 Å². The van der Waals surface area contributed by atoms with Crippen molar-refractivity contribution in [2.45, 2.75) is 44.3 Å². The summed E-state index contributed by atoms with van der Waals surface area (Å²) >= 11 is 0. The molecule has 1 heterocycles. The summed E-state index contributed by atoms with van der Waals surface area (Å²) in [5.74, 6) is -2.90. The van der Waals surface area contributed by atoms with E-state index in [1.54, 1.807) is 20.8 Å². The number of nitrogens with zero attached hydrogens (tertiary/aromatic N) is 1. The number of halogens is 1. The standard InChI is InChI=1S/C11H18FNO6S/c1-7-5-20(17,18)11(12,8(14)15)6-13(7)9(16)19-10(2,3)4/h7H,5-6H2,1-4H3,(H,14,15)/t7-,11?/m0/s1. The first-order valence-corrected chi connectivity index (χ1v) is 7.59. The lowest BCUT2D eigenvalue weighted by Crippen LogP contribution is -2.62. The highest BCUT2D eigenvalue weighted by atomic mass is 32.2. The number of hydrogen-bond donors (Lipinski definition) is 1. The summed E-state index contributed by atoms with van der Waals surface area (Å²) in [5, 5.41) is 5.32. The maximum absolute atomic E-state index is 14.3. The number of aliphatic carboxylic acids is 1. The summed E-state index contributed by atoms with van der Waals surface area (Å²) in [5.41, 5.74) is -0.852. The van der Waals surface area contributed by atoms with Crippen LogP contribution in [-0.4, -0.2) is 59.4 Å². The Morgan fingerprint density at radius 1 is 1.40 bits per heavy atom. The molecule has 0 aliphatic carbocycles. The fourth-order valence-electron chi connectivity index (χ4n) is 1.78. The molecule has 7 nitrogen and oxygen atoms in total. The summed E-state index contributed by atoms with van der Waals surface area (Å²) in [6.07, 6.45) is -0.942. The Morgan fingerprint density at radius 3 is 2.30 bits per heavy atom. The summed E-state index contributed by atoms with van der Waals surface area (Å²) in [6, 6.07) is -0.863. The molecule has 0 aromatic heterocycles. The highest BCUT2D eigenvalue weighted by Crippen LogP contribution is 2.30. The third-order valence-corrected chi connectivity index (χ3v) is 5.02. The van der Waals surface area contributed by atoms with Crippen molar-refractivity contribution in [1.29, 1.82) is 0 Å². The van der Waals surface area contributed by atoms with Crippen LogP contribution in [0.4, 0.5) is 9.18 Å². The van der Waals surface area contributed by atoms with Crippen molar-refractivity contribution in [3.63, 3.8) is 0 Å². The van der Waals surface area contributed by atoms with Crippen molar-refractivity contribution in [2.24, 2.45) is 0 Å². The van der Waals surface area contributed by atoms with E-state index in [9.17, 15) is 22.4 Å². The van der Waals surface area contributed by atoms with Crippen molar-refractivity contribution < 1.29 is 32.2 Å². The zero-order chi connectivity index (χ0) is 15.9. The second kappa shape index (κ2) is 4.87. The summed E-state index contributed by atoms with van der Waals surface area (Å²) < 4.78 is 42.6. The van der Waals surface area contributed by atoms with Crippen molar-refractivity contribution in [3.8, 4) is 0 Å². The molecular weight excluding hydrogens is 293 g/mol. The number of hydrogen-bond acceptors (Lipinski definition) is 5. The van der Waals surface area contributed by atoms with E-state index < -0.39 is 50.8 Å². The van der Waals surface area contributed by atoms with E-state index in [0.717, 1.165) is 4.90 Å². The smallest absolute Gasteiger partial charge is 0.410 e. The average Bonchev–Trinajstić information content (AvgIpc) is 2.19. The van der Waals surface area contributed by atoms with Crippen molar-refractivity contribution >= 4 is 21.9 Å². The van der Waals surface area contributed by atoms with E-state index in [1.165, 1.54) is 6.92 Å². The van der Waals surface area contributed by atoms with Gasteiger partial charge in [-0.15, -0.1) is 0 Å². The van der Waals surface area contributed by atoms with Crippen molar-refractivity contribution in [1.82, 2.24) is 4.90 Å². The van der Waals surface area contributed by atoms with Gasteiger partial charge in [0.15, 0.2) is 9.84 Å². The van der Waals surface area contributed by atoms with E-state index >= 15 is 0 Å². The predicted octanol–water partition coefficient (Wildman–Crippen LogP) is 0.791. The Kier molecular flexibility index (Phi) is 4.06. The van der Waals surface area contributed by atoms with Gasteiger partial charge in [0.1, 0.15) is 5.60 Å². The Bertz CT molecular complexity index is 526. The normalized spacial score (nSPS) is 29.9. The molecule has 116 valence electrons. The number of carbonyl (C=O) groups is 2. The monoisotopic (exact) mass is 311 g/mol. The summed E-state index contributed by atoms with van der Waals surface area (Å²) in [7, 11) is -4.50. The van der Waals surface area contributed by atoms with E-state index in [4.69, 9.17) is 9.84 Å². The molecule has 1 N–H and O–H groups in total. The average molecular weight is 311 g/mol. The van der Waals surface area contributed by atoms with Gasteiger partial charge in [-0.1, -0.05) is 0 Å². The third kappa shape index (κ3) is 3.02. The van der Waals surface area contributed by atoms with Crippen LogP contribution in [0.5, 0.6) is 0 Å². The van der Waals surface area contributed by atoms with Gasteiger partial charge in [-0.25, -0.2) is 22.4 Å². The first kappa shape index (κ1) is 16.7. The second-order valence-corrected chi connectivity index (χ2v) is 7.98. The molecule has 9 heteroatoms. The Morgan fingerprint density at radius 2 is 1.90 bits per heavy atom. The van der Waals surface area contributed by atoms with Crippen LogP contribution < -0.4 is 0 Å². The fourth-order valence-corrected chi connectivity index (χ4v) is 3.46. The first-order chi connectivity index (χ1) is 8.80. The van der Waals surface area contributed by atoms with E-state index in [-0.39, 0.29) is 0 Å². The third-order valence-electron chi connectivity index (χ3n) is 2.81. The second-order valence-electron chi connectivity index (χ2n) is 5.77. The number of amides is 1. The molecule has 20 heavy (non-hydrogen) atoms. The van der Waals surface area contributed by atoms with Crippen LogP contribution in [-0.2, 0) is 19.4 Å². The largest absolute Gasteiger partial charge is 0.478 e. The minimum absolute atomic E-state index is 0.769. The molecule has 0 saturated carbocycles. The number of alkyl halides is 1. The summed E-state index contributed by atoms with van der Waals surface area (Å²) in [6.45, 7) is 5.09. The van der Waals surface area contributed by atoms with Gasteiger partial charge < -0.3 is 9.84 Å². The molecular formula is C11H18FNO6S. The minimum Gasteiger partial charge on any atom is -0.478 e. The number of ether oxygens (including phenoxy) is 1. The zero-order valence-corrected chi connectivity index (χ0v) is 12.5. The highest BCUT2D eigenvalue weighted by molar-refractivity contribution is 7.93. The van der Waals surface area contributed by atoms with Gasteiger partial charge in [-0.2, -0.15) is 0 Å². The lowest BCUT2D eigenvalue weighted by molar-refractivity contribution is -0.146. The zero-order valence-electron chi connectivity index (χ0n) is 11.7. The molecule has 0 bridgehead atoms. The topological polar surface area (TPSA) is 101 Å². The number of carboxylic acids is 1. The molecule has 0 spiro atoms. The van der Waals surface area contributed by atoms with Crippen LogP contribution in [0.2, 0.25) is 0 Å². The number of sulfone groups is 1. The molecule has 1 unspecified atom stereocenters. The maximum atomic E-state index is 14.3. The Balaban J connectivity index is 3.08. The molecule has 1 amide bonds. The lowest BCUT2D eigenvalue weighted by atomic mass is 10.2. The van der Waals surface area contributed by atoms with Crippen molar-refractivity contribution in [3.05, 3.63) is 0 Å². The van der Waals surface area contributed by atoms with Gasteiger partial charge in [0, 0.05) is 6.04 Å². The first-order valence-electron chi connectivity index (χ1n) is 5.94. The fraction of sp³-hybridized carbons (Fsp3) is 0.818. The van der Waals surface area contributed by atoms with Crippen LogP contribution in [0.15, 0.2) is 0 Å². The van der Waals surface area contributed by atoms with Crippen LogP contribution in [0, 0.1) is 0 Å². The van der Waals surface area contributed by atoms with Crippen molar-refractivity contribution in [2.75, 3.05) is 12.3 Å². The molecule has 1 saturated heterocycles. The maximum Gasteiger partial charge on any atom is 0.410 e. The van der Waals surface area contributed by atoms with Crippen LogP contribution >= 0.6 is 0 Å².